The summed E-state index contributed by atoms with van der Waals surface area (Å²) in [7, 11) is 3.27. The Labute approximate surface area is 104 Å². The van der Waals surface area contributed by atoms with Gasteiger partial charge in [0.2, 0.25) is 11.8 Å². The topological polar surface area (TPSA) is 75.4 Å². The predicted octanol–water partition coefficient (Wildman–Crippen LogP) is 0.200. The van der Waals surface area contributed by atoms with Crippen LogP contribution in [-0.4, -0.2) is 43.4 Å². The lowest BCUT2D eigenvalue weighted by Crippen LogP contribution is -2.47. The zero-order valence-electron chi connectivity index (χ0n) is 11.5. The molecule has 3 N–H and O–H groups in total. The molecular formula is C12H25N3O2. The van der Waals surface area contributed by atoms with Crippen LogP contribution in [0.5, 0.6) is 0 Å². The smallest absolute Gasteiger partial charge is 0.239 e. The second kappa shape index (κ2) is 7.27. The van der Waals surface area contributed by atoms with E-state index in [9.17, 15) is 9.59 Å². The molecule has 100 valence electrons. The fraction of sp³-hybridized carbons (Fsp3) is 0.833. The second-order valence-corrected chi connectivity index (χ2v) is 4.65. The van der Waals surface area contributed by atoms with Crippen LogP contribution in [-0.2, 0) is 9.59 Å². The van der Waals surface area contributed by atoms with Gasteiger partial charge >= 0.3 is 0 Å². The highest BCUT2D eigenvalue weighted by molar-refractivity contribution is 5.83. The summed E-state index contributed by atoms with van der Waals surface area (Å²) in [6.45, 7) is 6.14. The molecule has 0 rings (SSSR count). The first-order valence-corrected chi connectivity index (χ1v) is 6.07. The Bertz CT molecular complexity index is 268. The fourth-order valence-corrected chi connectivity index (χ4v) is 1.58. The Morgan fingerprint density at radius 1 is 1.35 bits per heavy atom. The lowest BCUT2D eigenvalue weighted by atomic mass is 9.98. The van der Waals surface area contributed by atoms with Crippen LogP contribution in [0.25, 0.3) is 0 Å². The van der Waals surface area contributed by atoms with E-state index in [1.54, 1.807) is 21.0 Å². The molecule has 5 heteroatoms. The highest BCUT2D eigenvalue weighted by Crippen LogP contribution is 2.09. The fourth-order valence-electron chi connectivity index (χ4n) is 1.58. The molecule has 0 spiro atoms. The first-order valence-electron chi connectivity index (χ1n) is 6.07. The van der Waals surface area contributed by atoms with Gasteiger partial charge in [0.05, 0.1) is 12.0 Å². The maximum Gasteiger partial charge on any atom is 0.239 e. The molecule has 3 atom stereocenters. The van der Waals surface area contributed by atoms with Gasteiger partial charge in [0.25, 0.3) is 0 Å². The largest absolute Gasteiger partial charge is 0.359 e. The van der Waals surface area contributed by atoms with Gasteiger partial charge in [-0.2, -0.15) is 0 Å². The Morgan fingerprint density at radius 2 is 1.88 bits per heavy atom. The van der Waals surface area contributed by atoms with Gasteiger partial charge in [-0.05, 0) is 5.92 Å². The first kappa shape index (κ1) is 15.9. The van der Waals surface area contributed by atoms with Gasteiger partial charge in [-0.25, -0.2) is 0 Å². The monoisotopic (exact) mass is 243 g/mol. The van der Waals surface area contributed by atoms with Gasteiger partial charge in [-0.3, -0.25) is 9.59 Å². The van der Waals surface area contributed by atoms with Gasteiger partial charge < -0.3 is 16.0 Å². The number of likely N-dealkylation sites (N-methyl/N-ethyl adjacent to an activating group) is 1. The molecule has 2 unspecified atom stereocenters. The standard InChI is InChI=1S/C12H25N3O2/c1-6-8(2)10(13)12(17)15(5)7-9(3)11(16)14-4/h8-10H,6-7,13H2,1-5H3,(H,14,16)/t8?,9?,10-/m0/s1. The summed E-state index contributed by atoms with van der Waals surface area (Å²) < 4.78 is 0. The molecule has 0 aliphatic heterocycles. The molecule has 2 amide bonds. The number of nitrogens with one attached hydrogen (secondary N) is 1. The van der Waals surface area contributed by atoms with Crippen LogP contribution in [0.3, 0.4) is 0 Å². The molecule has 0 radical (unpaired) electrons. The summed E-state index contributed by atoms with van der Waals surface area (Å²) in [5, 5.41) is 2.56. The van der Waals surface area contributed by atoms with Crippen molar-refractivity contribution >= 4 is 11.8 Å². The Kier molecular flexibility index (Phi) is 6.80. The van der Waals surface area contributed by atoms with Crippen molar-refractivity contribution in [1.82, 2.24) is 10.2 Å². The number of nitrogens with two attached hydrogens (primary N) is 1. The molecule has 0 saturated heterocycles. The van der Waals surface area contributed by atoms with E-state index >= 15 is 0 Å². The minimum absolute atomic E-state index is 0.0678. The van der Waals surface area contributed by atoms with Crippen molar-refractivity contribution in [2.45, 2.75) is 33.2 Å². The maximum atomic E-state index is 12.0. The third kappa shape index (κ3) is 4.73. The van der Waals surface area contributed by atoms with Crippen LogP contribution in [0.15, 0.2) is 0 Å². The van der Waals surface area contributed by atoms with E-state index in [0.717, 1.165) is 6.42 Å². The molecule has 17 heavy (non-hydrogen) atoms. The minimum atomic E-state index is -0.484. The summed E-state index contributed by atoms with van der Waals surface area (Å²) >= 11 is 0. The number of carbonyl (C=O) groups is 2. The van der Waals surface area contributed by atoms with E-state index in [1.165, 1.54) is 4.90 Å². The summed E-state index contributed by atoms with van der Waals surface area (Å²) in [5.41, 5.74) is 5.86. The summed E-state index contributed by atoms with van der Waals surface area (Å²) in [6.07, 6.45) is 0.867. The number of rotatable bonds is 6. The molecule has 0 aromatic rings. The molecule has 0 bridgehead atoms. The molecule has 0 aliphatic rings. The Hall–Kier alpha value is -1.10. The maximum absolute atomic E-state index is 12.0. The highest BCUT2D eigenvalue weighted by atomic mass is 16.2. The minimum Gasteiger partial charge on any atom is -0.359 e. The van der Waals surface area contributed by atoms with E-state index in [0.29, 0.717) is 6.54 Å². The van der Waals surface area contributed by atoms with Crippen molar-refractivity contribution in [1.29, 1.82) is 0 Å². The van der Waals surface area contributed by atoms with E-state index in [1.807, 2.05) is 13.8 Å². The van der Waals surface area contributed by atoms with Crippen molar-refractivity contribution in [2.24, 2.45) is 17.6 Å². The number of hydrogen-bond donors (Lipinski definition) is 2. The molecule has 0 aromatic carbocycles. The van der Waals surface area contributed by atoms with E-state index in [4.69, 9.17) is 5.73 Å². The summed E-state index contributed by atoms with van der Waals surface area (Å²) in [4.78, 5) is 24.8. The third-order valence-corrected chi connectivity index (χ3v) is 3.16. The molecule has 0 saturated carbocycles. The molecular weight excluding hydrogens is 218 g/mol. The van der Waals surface area contributed by atoms with Gasteiger partial charge in [-0.1, -0.05) is 27.2 Å². The van der Waals surface area contributed by atoms with Gasteiger partial charge in [-0.15, -0.1) is 0 Å². The highest BCUT2D eigenvalue weighted by Gasteiger charge is 2.24. The zero-order chi connectivity index (χ0) is 13.6. The lowest BCUT2D eigenvalue weighted by Gasteiger charge is -2.26. The van der Waals surface area contributed by atoms with Gasteiger partial charge in [0.1, 0.15) is 0 Å². The second-order valence-electron chi connectivity index (χ2n) is 4.65. The molecule has 0 aliphatic carbocycles. The third-order valence-electron chi connectivity index (χ3n) is 3.16. The number of carbonyl (C=O) groups excluding carboxylic acids is 2. The van der Waals surface area contributed by atoms with Crippen LogP contribution in [0.1, 0.15) is 27.2 Å². The molecule has 0 aromatic heterocycles. The van der Waals surface area contributed by atoms with Crippen LogP contribution in [0.2, 0.25) is 0 Å². The molecule has 0 heterocycles. The zero-order valence-corrected chi connectivity index (χ0v) is 11.5. The first-order chi connectivity index (χ1) is 7.84. The van der Waals surface area contributed by atoms with Crippen LogP contribution in [0, 0.1) is 11.8 Å². The number of nitrogens with zero attached hydrogens (tertiary/aromatic N) is 1. The van der Waals surface area contributed by atoms with Crippen molar-refractivity contribution in [3.63, 3.8) is 0 Å². The average Bonchev–Trinajstić information content (AvgIpc) is 2.34. The van der Waals surface area contributed by atoms with E-state index in [-0.39, 0.29) is 23.7 Å². The SMILES string of the molecule is CCC(C)[C@H](N)C(=O)N(C)CC(C)C(=O)NC. The van der Waals surface area contributed by atoms with Crippen molar-refractivity contribution in [2.75, 3.05) is 20.6 Å². The molecule has 0 fully saturated rings. The summed E-state index contributed by atoms with van der Waals surface area (Å²) in [6, 6.07) is -0.484. The van der Waals surface area contributed by atoms with Crippen LogP contribution >= 0.6 is 0 Å². The summed E-state index contributed by atoms with van der Waals surface area (Å²) in [5.74, 6) is -0.241. The lowest BCUT2D eigenvalue weighted by molar-refractivity contribution is -0.134. The average molecular weight is 243 g/mol. The van der Waals surface area contributed by atoms with E-state index in [2.05, 4.69) is 5.32 Å². The predicted molar refractivity (Wildman–Crippen MR) is 68.3 cm³/mol. The van der Waals surface area contributed by atoms with Crippen molar-refractivity contribution in [3.8, 4) is 0 Å². The number of hydrogen-bond acceptors (Lipinski definition) is 3. The molecule has 5 nitrogen and oxygen atoms in total. The number of amides is 2. The normalized spacial score (nSPS) is 15.9. The Morgan fingerprint density at radius 3 is 2.29 bits per heavy atom. The van der Waals surface area contributed by atoms with Crippen LogP contribution < -0.4 is 11.1 Å². The van der Waals surface area contributed by atoms with Crippen molar-refractivity contribution in [3.05, 3.63) is 0 Å². The van der Waals surface area contributed by atoms with Gasteiger partial charge in [0.15, 0.2) is 0 Å². The van der Waals surface area contributed by atoms with E-state index < -0.39 is 6.04 Å². The van der Waals surface area contributed by atoms with Gasteiger partial charge in [0, 0.05) is 20.6 Å². The Balaban J connectivity index is 4.36. The van der Waals surface area contributed by atoms with Crippen LogP contribution in [0.4, 0.5) is 0 Å². The quantitative estimate of drug-likeness (QED) is 0.700. The van der Waals surface area contributed by atoms with Crippen molar-refractivity contribution < 1.29 is 9.59 Å².